The SMILES string of the molecule is N#Cc1c(Cl)ccn(-c2ccccc2Br)c1=O. The first-order valence-electron chi connectivity index (χ1n) is 4.71. The van der Waals surface area contributed by atoms with Crippen LogP contribution in [-0.2, 0) is 0 Å². The third-order valence-electron chi connectivity index (χ3n) is 2.27. The smallest absolute Gasteiger partial charge is 0.274 e. The van der Waals surface area contributed by atoms with Crippen LogP contribution >= 0.6 is 27.5 Å². The van der Waals surface area contributed by atoms with Crippen molar-refractivity contribution in [3.8, 4) is 11.8 Å². The highest BCUT2D eigenvalue weighted by molar-refractivity contribution is 9.10. The molecular weight excluding hydrogens is 304 g/mol. The number of hydrogen-bond donors (Lipinski definition) is 0. The molecule has 2 rings (SSSR count). The summed E-state index contributed by atoms with van der Waals surface area (Å²) in [5, 5.41) is 9.05. The van der Waals surface area contributed by atoms with E-state index in [0.29, 0.717) is 5.69 Å². The van der Waals surface area contributed by atoms with Crippen molar-refractivity contribution in [3.05, 3.63) is 61.9 Å². The summed E-state index contributed by atoms with van der Waals surface area (Å²) in [5.74, 6) is 0. The normalized spacial score (nSPS) is 9.94. The molecule has 0 N–H and O–H groups in total. The molecule has 0 radical (unpaired) electrons. The molecule has 3 nitrogen and oxygen atoms in total. The number of halogens is 2. The van der Waals surface area contributed by atoms with E-state index in [2.05, 4.69) is 15.9 Å². The van der Waals surface area contributed by atoms with E-state index in [4.69, 9.17) is 16.9 Å². The fraction of sp³-hybridized carbons (Fsp3) is 0. The van der Waals surface area contributed by atoms with Crippen molar-refractivity contribution in [1.82, 2.24) is 4.57 Å². The number of nitrogens with zero attached hydrogens (tertiary/aromatic N) is 2. The van der Waals surface area contributed by atoms with Crippen molar-refractivity contribution in [3.63, 3.8) is 0 Å². The van der Waals surface area contributed by atoms with Crippen LogP contribution in [0.4, 0.5) is 0 Å². The lowest BCUT2D eigenvalue weighted by molar-refractivity contribution is 0.977. The van der Waals surface area contributed by atoms with Gasteiger partial charge in [-0.1, -0.05) is 23.7 Å². The van der Waals surface area contributed by atoms with E-state index >= 15 is 0 Å². The minimum absolute atomic E-state index is 0.0510. The Morgan fingerprint density at radius 3 is 2.65 bits per heavy atom. The molecule has 0 atom stereocenters. The van der Waals surface area contributed by atoms with Gasteiger partial charge in [-0.3, -0.25) is 9.36 Å². The fourth-order valence-corrected chi connectivity index (χ4v) is 2.11. The molecule has 1 aromatic carbocycles. The highest BCUT2D eigenvalue weighted by Crippen LogP contribution is 2.20. The van der Waals surface area contributed by atoms with Crippen molar-refractivity contribution >= 4 is 27.5 Å². The molecule has 0 saturated carbocycles. The van der Waals surface area contributed by atoms with Crippen LogP contribution in [0.25, 0.3) is 5.69 Å². The Morgan fingerprint density at radius 2 is 2.00 bits per heavy atom. The number of aromatic nitrogens is 1. The highest BCUT2D eigenvalue weighted by Gasteiger charge is 2.10. The third-order valence-corrected chi connectivity index (χ3v) is 3.25. The van der Waals surface area contributed by atoms with E-state index in [-0.39, 0.29) is 10.6 Å². The zero-order valence-electron chi connectivity index (χ0n) is 8.52. The van der Waals surface area contributed by atoms with Crippen LogP contribution in [0.5, 0.6) is 0 Å². The highest BCUT2D eigenvalue weighted by atomic mass is 79.9. The number of pyridine rings is 1. The average Bonchev–Trinajstić information content (AvgIpc) is 2.31. The molecule has 84 valence electrons. The van der Waals surface area contributed by atoms with Crippen LogP contribution in [0.15, 0.2) is 45.8 Å². The molecular formula is C12H6BrClN2O. The van der Waals surface area contributed by atoms with E-state index in [0.717, 1.165) is 4.47 Å². The number of hydrogen-bond acceptors (Lipinski definition) is 2. The second-order valence-electron chi connectivity index (χ2n) is 3.28. The Labute approximate surface area is 111 Å². The maximum Gasteiger partial charge on any atom is 0.274 e. The zero-order valence-corrected chi connectivity index (χ0v) is 10.9. The first kappa shape index (κ1) is 11.9. The predicted molar refractivity (Wildman–Crippen MR) is 69.5 cm³/mol. The molecule has 0 amide bonds. The number of nitriles is 1. The Morgan fingerprint density at radius 1 is 1.29 bits per heavy atom. The molecule has 2 aromatic rings. The first-order chi connectivity index (χ1) is 8.15. The van der Waals surface area contributed by atoms with Gasteiger partial charge in [-0.25, -0.2) is 0 Å². The minimum Gasteiger partial charge on any atom is -0.282 e. The Balaban J connectivity index is 2.76. The Kier molecular flexibility index (Phi) is 3.32. The molecule has 0 spiro atoms. The topological polar surface area (TPSA) is 45.8 Å². The lowest BCUT2D eigenvalue weighted by Gasteiger charge is -2.08. The van der Waals surface area contributed by atoms with Crippen LogP contribution in [0.1, 0.15) is 5.56 Å². The molecule has 0 aliphatic rings. The van der Waals surface area contributed by atoms with Gasteiger partial charge in [0.1, 0.15) is 11.6 Å². The van der Waals surface area contributed by atoms with Gasteiger partial charge in [-0.15, -0.1) is 0 Å². The monoisotopic (exact) mass is 308 g/mol. The van der Waals surface area contributed by atoms with E-state index in [1.807, 2.05) is 24.3 Å². The second-order valence-corrected chi connectivity index (χ2v) is 4.54. The summed E-state index contributed by atoms with van der Waals surface area (Å²) in [7, 11) is 0. The summed E-state index contributed by atoms with van der Waals surface area (Å²) in [6, 6.07) is 10.6. The van der Waals surface area contributed by atoms with Crippen LogP contribution in [0.3, 0.4) is 0 Å². The first-order valence-corrected chi connectivity index (χ1v) is 5.88. The van der Waals surface area contributed by atoms with Gasteiger partial charge in [0.25, 0.3) is 5.56 Å². The van der Waals surface area contributed by atoms with Gasteiger partial charge in [0, 0.05) is 10.7 Å². The van der Waals surface area contributed by atoms with Crippen molar-refractivity contribution in [2.75, 3.05) is 0 Å². The summed E-state index contributed by atoms with van der Waals surface area (Å²) in [6.07, 6.45) is 1.55. The van der Waals surface area contributed by atoms with Crippen LogP contribution in [0.2, 0.25) is 5.02 Å². The Hall–Kier alpha value is -1.57. The molecule has 0 fully saturated rings. The van der Waals surface area contributed by atoms with Crippen molar-refractivity contribution in [2.24, 2.45) is 0 Å². The van der Waals surface area contributed by atoms with Crippen molar-refractivity contribution in [2.45, 2.75) is 0 Å². The minimum atomic E-state index is -0.424. The largest absolute Gasteiger partial charge is 0.282 e. The molecule has 1 heterocycles. The Bertz CT molecular complexity index is 673. The van der Waals surface area contributed by atoms with Crippen molar-refractivity contribution in [1.29, 1.82) is 5.26 Å². The fourth-order valence-electron chi connectivity index (χ4n) is 1.45. The third kappa shape index (κ3) is 2.12. The molecule has 1 aromatic heterocycles. The molecule has 0 unspecified atom stereocenters. The standard InChI is InChI=1S/C12H6BrClN2O/c13-9-3-1-2-4-11(9)16-6-5-10(14)8(7-15)12(16)17/h1-6H. The maximum absolute atomic E-state index is 12.0. The van der Waals surface area contributed by atoms with Crippen LogP contribution in [0, 0.1) is 11.3 Å². The summed E-state index contributed by atoms with van der Waals surface area (Å²) in [4.78, 5) is 12.0. The van der Waals surface area contributed by atoms with Gasteiger partial charge in [-0.05, 0) is 34.1 Å². The molecule has 0 aliphatic heterocycles. The van der Waals surface area contributed by atoms with Gasteiger partial charge in [0.2, 0.25) is 0 Å². The quantitative estimate of drug-likeness (QED) is 0.812. The van der Waals surface area contributed by atoms with Gasteiger partial charge in [0.05, 0.1) is 10.7 Å². The lowest BCUT2D eigenvalue weighted by atomic mass is 10.2. The van der Waals surface area contributed by atoms with Gasteiger partial charge >= 0.3 is 0 Å². The van der Waals surface area contributed by atoms with Gasteiger partial charge < -0.3 is 0 Å². The molecule has 0 saturated heterocycles. The predicted octanol–water partition coefficient (Wildman–Crippen LogP) is 3.13. The lowest BCUT2D eigenvalue weighted by Crippen LogP contribution is -2.20. The zero-order chi connectivity index (χ0) is 12.4. The summed E-state index contributed by atoms with van der Waals surface area (Å²) in [6.45, 7) is 0. The molecule has 17 heavy (non-hydrogen) atoms. The maximum atomic E-state index is 12.0. The summed E-state index contributed by atoms with van der Waals surface area (Å²) >= 11 is 9.14. The molecule has 0 bridgehead atoms. The number of para-hydroxylation sites is 1. The van der Waals surface area contributed by atoms with Gasteiger partial charge in [-0.2, -0.15) is 5.26 Å². The molecule has 5 heteroatoms. The van der Waals surface area contributed by atoms with E-state index < -0.39 is 5.56 Å². The van der Waals surface area contributed by atoms with E-state index in [1.165, 1.54) is 10.6 Å². The number of rotatable bonds is 1. The summed E-state index contributed by atoms with van der Waals surface area (Å²) < 4.78 is 2.16. The van der Waals surface area contributed by atoms with Gasteiger partial charge in [0.15, 0.2) is 0 Å². The average molecular weight is 310 g/mol. The van der Waals surface area contributed by atoms with E-state index in [9.17, 15) is 4.79 Å². The van der Waals surface area contributed by atoms with Crippen LogP contribution in [-0.4, -0.2) is 4.57 Å². The summed E-state index contributed by atoms with van der Waals surface area (Å²) in [5.41, 5.74) is 0.197. The molecule has 0 aliphatic carbocycles. The van der Waals surface area contributed by atoms with E-state index in [1.54, 1.807) is 12.3 Å². The van der Waals surface area contributed by atoms with Crippen molar-refractivity contribution < 1.29 is 0 Å². The van der Waals surface area contributed by atoms with Crippen LogP contribution < -0.4 is 5.56 Å². The second kappa shape index (κ2) is 4.74. The number of benzene rings is 1.